The fourth-order valence-corrected chi connectivity index (χ4v) is 9.61. The highest BCUT2D eigenvalue weighted by atomic mass is 32.2. The molecule has 3 heterocycles. The summed E-state index contributed by atoms with van der Waals surface area (Å²) in [6.45, 7) is 3.77. The second kappa shape index (κ2) is 22.5. The number of rotatable bonds is 18. The van der Waals surface area contributed by atoms with Crippen molar-refractivity contribution in [1.29, 1.82) is 15.8 Å². The molecule has 29 heteroatoms. The average Bonchev–Trinajstić information content (AvgIpc) is 3.80. The third-order valence-corrected chi connectivity index (χ3v) is 14.3. The van der Waals surface area contributed by atoms with Gasteiger partial charge in [-0.05, 0) is 104 Å². The van der Waals surface area contributed by atoms with Crippen LogP contribution in [-0.2, 0) is 30.4 Å². The van der Waals surface area contributed by atoms with Gasteiger partial charge in [0.05, 0.1) is 26.6 Å². The molecule has 0 aliphatic heterocycles. The average molecular weight is 1110 g/mol. The number of azo groups is 2. The molecule has 25 nitrogen and oxygen atoms in total. The maximum Gasteiger partial charge on any atom is 0.296 e. The summed E-state index contributed by atoms with van der Waals surface area (Å²) in [5.41, 5.74) is 2.25. The van der Waals surface area contributed by atoms with E-state index in [1.54, 1.807) is 61.5 Å². The molecule has 0 bridgehead atoms. The summed E-state index contributed by atoms with van der Waals surface area (Å²) in [5.74, 6) is 0.00969. The molecule has 5 aromatic carbocycles. The van der Waals surface area contributed by atoms with Gasteiger partial charge in [0.25, 0.3) is 30.4 Å². The minimum absolute atomic E-state index is 0.00476. The largest absolute Gasteiger partial charge is 0.354 e. The van der Waals surface area contributed by atoms with Crippen LogP contribution in [0.5, 0.6) is 0 Å². The molecule has 0 aliphatic rings. The zero-order valence-electron chi connectivity index (χ0n) is 39.6. The van der Waals surface area contributed by atoms with E-state index in [-0.39, 0.29) is 101 Å². The highest BCUT2D eigenvalue weighted by molar-refractivity contribution is 7.86. The van der Waals surface area contributed by atoms with Crippen molar-refractivity contribution in [1.82, 2.24) is 19.9 Å². The Balaban J connectivity index is 1.20. The number of hydrogen-bond donors (Lipinski definition) is 8. The molecule has 0 atom stereocenters. The molecule has 8 N–H and O–H groups in total. The highest BCUT2D eigenvalue weighted by Crippen LogP contribution is 2.49. The van der Waals surface area contributed by atoms with Gasteiger partial charge in [-0.1, -0.05) is 47.7 Å². The Morgan fingerprint density at radius 3 is 1.66 bits per heavy atom. The van der Waals surface area contributed by atoms with Crippen LogP contribution in [0.3, 0.4) is 0 Å². The standard InChI is InChI=1S/C48H36N16O9S4/c1-3-52-46-58-47(60-48(59-46)56-38-10-6-7-11-39(38)77(71,72)73)55-32-14-12-28(13-15-32)40-36(26-51)44(74-45(40)64-61-37-9-5-4-8-29(37)24-49)63-62-41-27(2)35(25-50)42(53-30-16-20-33(21-17-30)75(65,66)67)57-43(41)54-31-18-22-34(23-19-31)76(68,69)70/h4-23H,3H2,1-2H3,(H2,53,54,57)(H,65,66,67)(H,68,69,70)(H,71,72,73)(H3,52,55,56,58,59,60). The van der Waals surface area contributed by atoms with Crippen molar-refractivity contribution in [2.24, 2.45) is 20.5 Å². The Kier molecular flexibility index (Phi) is 15.6. The normalized spacial score (nSPS) is 11.7. The number of anilines is 9. The van der Waals surface area contributed by atoms with Crippen LogP contribution in [0.2, 0.25) is 0 Å². The molecule has 0 saturated carbocycles. The zero-order valence-corrected chi connectivity index (χ0v) is 42.9. The van der Waals surface area contributed by atoms with Gasteiger partial charge >= 0.3 is 0 Å². The monoisotopic (exact) mass is 1110 g/mol. The minimum Gasteiger partial charge on any atom is -0.354 e. The zero-order chi connectivity index (χ0) is 55.1. The van der Waals surface area contributed by atoms with Crippen LogP contribution in [-0.4, -0.2) is 65.4 Å². The molecule has 0 saturated heterocycles. The van der Waals surface area contributed by atoms with Crippen LogP contribution in [0, 0.1) is 40.9 Å². The Bertz CT molecular complexity index is 4140. The Labute approximate surface area is 442 Å². The minimum atomic E-state index is -4.62. The number of nitrogens with one attached hydrogen (secondary N) is 5. The first-order valence-electron chi connectivity index (χ1n) is 22.0. The van der Waals surface area contributed by atoms with E-state index in [2.05, 4.69) is 85.2 Å². The fourth-order valence-electron chi connectivity index (χ4n) is 7.08. The topological polar surface area (TPSA) is 396 Å². The fraction of sp³-hybridized carbons (Fsp3) is 0.0625. The van der Waals surface area contributed by atoms with Gasteiger partial charge in [-0.2, -0.15) is 56.0 Å². The van der Waals surface area contributed by atoms with Crippen molar-refractivity contribution in [2.45, 2.75) is 28.5 Å². The van der Waals surface area contributed by atoms with Gasteiger partial charge in [-0.25, -0.2) is 4.98 Å². The molecule has 3 aromatic heterocycles. The Hall–Kier alpha value is -9.64. The first-order valence-corrected chi connectivity index (χ1v) is 27.1. The first kappa shape index (κ1) is 53.6. The molecule has 0 radical (unpaired) electrons. The van der Waals surface area contributed by atoms with Gasteiger partial charge in [-0.15, -0.1) is 20.5 Å². The molecule has 386 valence electrons. The summed E-state index contributed by atoms with van der Waals surface area (Å²) < 4.78 is 100. The Morgan fingerprint density at radius 1 is 0.545 bits per heavy atom. The van der Waals surface area contributed by atoms with E-state index in [4.69, 9.17) is 0 Å². The van der Waals surface area contributed by atoms with E-state index in [1.807, 2.05) is 6.92 Å². The van der Waals surface area contributed by atoms with Crippen molar-refractivity contribution in [3.8, 4) is 29.3 Å². The summed E-state index contributed by atoms with van der Waals surface area (Å²) >= 11 is 0.917. The number of para-hydroxylation sites is 1. The maximum absolute atomic E-state index is 12.1. The molecule has 0 amide bonds. The van der Waals surface area contributed by atoms with E-state index < -0.39 is 40.1 Å². The summed E-state index contributed by atoms with van der Waals surface area (Å²) in [6, 6.07) is 34.9. The third-order valence-electron chi connectivity index (χ3n) is 10.7. The third kappa shape index (κ3) is 12.7. The van der Waals surface area contributed by atoms with Crippen molar-refractivity contribution >= 4 is 115 Å². The predicted octanol–water partition coefficient (Wildman–Crippen LogP) is 10.9. The summed E-state index contributed by atoms with van der Waals surface area (Å²) in [5, 5.41) is 64.0. The first-order chi connectivity index (χ1) is 36.8. The molecule has 0 spiro atoms. The number of benzene rings is 5. The lowest BCUT2D eigenvalue weighted by Gasteiger charge is -2.16. The second-order valence-corrected chi connectivity index (χ2v) is 21.0. The Morgan fingerprint density at radius 2 is 1.08 bits per heavy atom. The highest BCUT2D eigenvalue weighted by Gasteiger charge is 2.24. The molecule has 0 fully saturated rings. The van der Waals surface area contributed by atoms with Crippen molar-refractivity contribution in [3.63, 3.8) is 0 Å². The number of hydrogen-bond acceptors (Lipinski definition) is 23. The van der Waals surface area contributed by atoms with Gasteiger partial charge in [0.2, 0.25) is 17.8 Å². The molecule has 0 unspecified atom stereocenters. The second-order valence-electron chi connectivity index (χ2n) is 15.8. The number of pyridine rings is 1. The maximum atomic E-state index is 12.1. The number of thiophene rings is 1. The molecule has 77 heavy (non-hydrogen) atoms. The van der Waals surface area contributed by atoms with Crippen molar-refractivity contribution < 1.29 is 38.9 Å². The SMILES string of the molecule is CCNc1nc(Nc2ccc(-c3c(N=Nc4ccccc4C#N)sc(N=Nc4c(Nc5ccc(S(=O)(=O)O)cc5)nc(Nc5ccc(S(=O)(=O)O)cc5)c(C#N)c4C)c3C#N)cc2)nc(Nc2ccccc2S(=O)(=O)O)n1. The van der Waals surface area contributed by atoms with Gasteiger partial charge < -0.3 is 26.6 Å². The van der Waals surface area contributed by atoms with E-state index in [0.717, 1.165) is 35.6 Å². The van der Waals surface area contributed by atoms with E-state index in [1.165, 1.54) is 42.5 Å². The van der Waals surface area contributed by atoms with Crippen LogP contribution in [0.25, 0.3) is 11.1 Å². The van der Waals surface area contributed by atoms with Crippen LogP contribution in [0.4, 0.5) is 73.6 Å². The molecule has 0 aliphatic carbocycles. The summed E-state index contributed by atoms with van der Waals surface area (Å²) in [6.07, 6.45) is 0. The van der Waals surface area contributed by atoms with E-state index in [9.17, 15) is 54.7 Å². The summed E-state index contributed by atoms with van der Waals surface area (Å²) in [4.78, 5) is 16.5. The van der Waals surface area contributed by atoms with Gasteiger partial charge in [0.15, 0.2) is 16.6 Å². The van der Waals surface area contributed by atoms with Crippen molar-refractivity contribution in [2.75, 3.05) is 33.1 Å². The number of nitrogens with zero attached hydrogens (tertiary/aromatic N) is 11. The van der Waals surface area contributed by atoms with Crippen LogP contribution in [0.15, 0.2) is 156 Å². The van der Waals surface area contributed by atoms with Crippen LogP contribution < -0.4 is 26.6 Å². The molecular formula is C48H36N16O9S4. The smallest absolute Gasteiger partial charge is 0.296 e. The molecule has 8 rings (SSSR count). The van der Waals surface area contributed by atoms with Gasteiger partial charge in [0.1, 0.15) is 45.0 Å². The van der Waals surface area contributed by atoms with E-state index in [0.29, 0.717) is 17.8 Å². The van der Waals surface area contributed by atoms with Gasteiger partial charge in [-0.3, -0.25) is 13.7 Å². The molecular weight excluding hydrogens is 1070 g/mol. The van der Waals surface area contributed by atoms with Crippen LogP contribution >= 0.6 is 11.3 Å². The van der Waals surface area contributed by atoms with Crippen LogP contribution in [0.1, 0.15) is 29.2 Å². The lowest BCUT2D eigenvalue weighted by Crippen LogP contribution is -2.10. The lowest BCUT2D eigenvalue weighted by molar-refractivity contribution is 0.481. The van der Waals surface area contributed by atoms with Gasteiger partial charge in [0, 0.05) is 34.7 Å². The lowest BCUT2D eigenvalue weighted by atomic mass is 10.0. The molecule has 8 aromatic rings. The quantitative estimate of drug-likeness (QED) is 0.0292. The summed E-state index contributed by atoms with van der Waals surface area (Å²) in [7, 11) is -13.7. The number of nitriles is 3. The van der Waals surface area contributed by atoms with Crippen molar-refractivity contribution in [3.05, 3.63) is 144 Å². The number of aromatic nitrogens is 4. The van der Waals surface area contributed by atoms with E-state index >= 15 is 0 Å². The predicted molar refractivity (Wildman–Crippen MR) is 284 cm³/mol.